The largest absolute Gasteiger partial charge is 0.497 e. The first kappa shape index (κ1) is 17.0. The van der Waals surface area contributed by atoms with Gasteiger partial charge in [0, 0.05) is 13.3 Å². The molecule has 1 aliphatic heterocycles. The van der Waals surface area contributed by atoms with Crippen LogP contribution >= 0.6 is 0 Å². The Hall–Kier alpha value is -3.42. The first-order valence-electron chi connectivity index (χ1n) is 8.48. The van der Waals surface area contributed by atoms with E-state index in [4.69, 9.17) is 9.15 Å². The minimum Gasteiger partial charge on any atom is -0.497 e. The number of methoxy groups -OCH3 is 1. The van der Waals surface area contributed by atoms with Gasteiger partial charge in [-0.15, -0.1) is 0 Å². The first-order valence-corrected chi connectivity index (χ1v) is 8.48. The zero-order chi connectivity index (χ0) is 19.1. The van der Waals surface area contributed by atoms with Crippen LogP contribution in [0.1, 0.15) is 36.3 Å². The molecule has 4 rings (SSSR count). The van der Waals surface area contributed by atoms with Crippen molar-refractivity contribution in [3.63, 3.8) is 0 Å². The summed E-state index contributed by atoms with van der Waals surface area (Å²) in [5, 5.41) is 6.31. The van der Waals surface area contributed by atoms with Gasteiger partial charge < -0.3 is 14.1 Å². The van der Waals surface area contributed by atoms with Crippen LogP contribution in [0.3, 0.4) is 0 Å². The van der Waals surface area contributed by atoms with Gasteiger partial charge in [0.2, 0.25) is 11.6 Å². The molecule has 2 aromatic heterocycles. The van der Waals surface area contributed by atoms with Gasteiger partial charge in [0.25, 0.3) is 5.56 Å². The summed E-state index contributed by atoms with van der Waals surface area (Å²) in [5.74, 6) is 1.11. The molecule has 3 heterocycles. The highest BCUT2D eigenvalue weighted by Crippen LogP contribution is 2.35. The predicted molar refractivity (Wildman–Crippen MR) is 98.8 cm³/mol. The summed E-state index contributed by atoms with van der Waals surface area (Å²) in [5.41, 5.74) is 2.12. The van der Waals surface area contributed by atoms with Gasteiger partial charge in [-0.2, -0.15) is 5.10 Å². The lowest BCUT2D eigenvalue weighted by molar-refractivity contribution is -0.130. The maximum Gasteiger partial charge on any atom is 0.262 e. The normalized spacial score (nSPS) is 16.6. The Morgan fingerprint density at radius 3 is 2.74 bits per heavy atom. The Bertz CT molecular complexity index is 1110. The SMILES string of the molecule is COc1ccc(C2CC(c3c(C)oc4nc[nH]c(=O)c34)=NN2C(C)=O)cc1. The molecule has 27 heavy (non-hydrogen) atoms. The maximum absolute atomic E-state index is 12.3. The number of nitrogens with one attached hydrogen (secondary N) is 1. The van der Waals surface area contributed by atoms with Crippen LogP contribution < -0.4 is 10.3 Å². The van der Waals surface area contributed by atoms with Crippen molar-refractivity contribution < 1.29 is 13.9 Å². The number of aromatic nitrogens is 2. The molecule has 0 fully saturated rings. The lowest BCUT2D eigenvalue weighted by Crippen LogP contribution is -2.24. The molecule has 1 unspecified atom stereocenters. The smallest absolute Gasteiger partial charge is 0.262 e. The number of benzene rings is 1. The number of hydrogen-bond donors (Lipinski definition) is 1. The number of carbonyl (C=O) groups is 1. The number of fused-ring (bicyclic) bond motifs is 1. The number of H-pyrrole nitrogens is 1. The Balaban J connectivity index is 1.79. The Morgan fingerprint density at radius 1 is 1.33 bits per heavy atom. The van der Waals surface area contributed by atoms with Gasteiger partial charge in [0.1, 0.15) is 16.9 Å². The van der Waals surface area contributed by atoms with E-state index in [2.05, 4.69) is 15.1 Å². The van der Waals surface area contributed by atoms with Crippen LogP contribution in [0.25, 0.3) is 11.1 Å². The molecule has 1 N–H and O–H groups in total. The molecule has 0 aliphatic carbocycles. The van der Waals surface area contributed by atoms with E-state index in [9.17, 15) is 9.59 Å². The van der Waals surface area contributed by atoms with E-state index in [1.54, 1.807) is 14.0 Å². The topological polar surface area (TPSA) is 101 Å². The standard InChI is InChI=1S/C19H18N4O4/c1-10-16(17-18(25)20-9-21-19(17)27-10)14-8-15(23(22-14)11(2)24)12-4-6-13(26-3)7-5-12/h4-7,9,15H,8H2,1-3H3,(H,20,21,25). The lowest BCUT2D eigenvalue weighted by atomic mass is 9.97. The number of hydrazone groups is 1. The third-order valence-electron chi connectivity index (χ3n) is 4.69. The highest BCUT2D eigenvalue weighted by Gasteiger charge is 2.34. The van der Waals surface area contributed by atoms with Crippen molar-refractivity contribution in [3.05, 3.63) is 57.8 Å². The zero-order valence-electron chi connectivity index (χ0n) is 15.1. The molecule has 0 spiro atoms. The van der Waals surface area contributed by atoms with E-state index < -0.39 is 0 Å². The minimum absolute atomic E-state index is 0.177. The molecule has 138 valence electrons. The fraction of sp³-hybridized carbons (Fsp3) is 0.263. The van der Waals surface area contributed by atoms with E-state index in [0.717, 1.165) is 11.3 Å². The second kappa shape index (κ2) is 6.39. The molecule has 8 heteroatoms. The van der Waals surface area contributed by atoms with Crippen molar-refractivity contribution in [3.8, 4) is 5.75 Å². The first-order chi connectivity index (χ1) is 13.0. The average Bonchev–Trinajstić information content (AvgIpc) is 3.23. The van der Waals surface area contributed by atoms with Gasteiger partial charge in [0.05, 0.1) is 30.8 Å². The highest BCUT2D eigenvalue weighted by atomic mass is 16.5. The van der Waals surface area contributed by atoms with Crippen molar-refractivity contribution >= 4 is 22.7 Å². The van der Waals surface area contributed by atoms with Crippen molar-refractivity contribution in [2.45, 2.75) is 26.3 Å². The summed E-state index contributed by atoms with van der Waals surface area (Å²) in [6.45, 7) is 3.23. The van der Waals surface area contributed by atoms with Crippen LogP contribution in [-0.2, 0) is 4.79 Å². The van der Waals surface area contributed by atoms with E-state index in [0.29, 0.717) is 28.8 Å². The predicted octanol–water partition coefficient (Wildman–Crippen LogP) is 2.53. The summed E-state index contributed by atoms with van der Waals surface area (Å²) < 4.78 is 10.8. The molecular formula is C19H18N4O4. The molecule has 0 saturated heterocycles. The molecule has 1 aliphatic rings. The number of amides is 1. The van der Waals surface area contributed by atoms with Crippen LogP contribution in [0.2, 0.25) is 0 Å². The second-order valence-corrected chi connectivity index (χ2v) is 6.35. The molecule has 1 atom stereocenters. The summed E-state index contributed by atoms with van der Waals surface area (Å²) in [6.07, 6.45) is 1.77. The molecule has 0 saturated carbocycles. The number of hydrogen-bond acceptors (Lipinski definition) is 6. The number of aromatic amines is 1. The fourth-order valence-corrected chi connectivity index (χ4v) is 3.44. The number of aryl methyl sites for hydroxylation is 1. The molecule has 8 nitrogen and oxygen atoms in total. The molecule has 3 aromatic rings. The maximum atomic E-state index is 12.3. The van der Waals surface area contributed by atoms with Gasteiger partial charge in [-0.1, -0.05) is 12.1 Å². The van der Waals surface area contributed by atoms with E-state index in [1.165, 1.54) is 18.3 Å². The Kier molecular flexibility index (Phi) is 4.02. The number of ether oxygens (including phenoxy) is 1. The van der Waals surface area contributed by atoms with Crippen LogP contribution in [-0.4, -0.2) is 33.7 Å². The Labute approximate surface area is 154 Å². The summed E-state index contributed by atoms with van der Waals surface area (Å²) in [7, 11) is 1.60. The molecule has 1 amide bonds. The quantitative estimate of drug-likeness (QED) is 0.768. The fourth-order valence-electron chi connectivity index (χ4n) is 3.44. The summed E-state index contributed by atoms with van der Waals surface area (Å²) in [6, 6.07) is 7.25. The average molecular weight is 366 g/mol. The van der Waals surface area contributed by atoms with E-state index >= 15 is 0 Å². The molecule has 0 radical (unpaired) electrons. The van der Waals surface area contributed by atoms with Crippen molar-refractivity contribution in [2.75, 3.05) is 7.11 Å². The van der Waals surface area contributed by atoms with Crippen molar-refractivity contribution in [1.82, 2.24) is 15.0 Å². The van der Waals surface area contributed by atoms with Gasteiger partial charge in [-0.05, 0) is 24.6 Å². The Morgan fingerprint density at radius 2 is 2.07 bits per heavy atom. The monoisotopic (exact) mass is 366 g/mol. The van der Waals surface area contributed by atoms with Gasteiger partial charge in [-0.3, -0.25) is 9.59 Å². The third kappa shape index (κ3) is 2.79. The van der Waals surface area contributed by atoms with Gasteiger partial charge in [0.15, 0.2) is 0 Å². The zero-order valence-corrected chi connectivity index (χ0v) is 15.1. The second-order valence-electron chi connectivity index (χ2n) is 6.35. The third-order valence-corrected chi connectivity index (χ3v) is 4.69. The summed E-state index contributed by atoms with van der Waals surface area (Å²) in [4.78, 5) is 31.1. The van der Waals surface area contributed by atoms with Crippen molar-refractivity contribution in [1.29, 1.82) is 0 Å². The number of furan rings is 1. The lowest BCUT2D eigenvalue weighted by Gasteiger charge is -2.20. The van der Waals surface area contributed by atoms with Crippen LogP contribution in [0.15, 0.2) is 44.9 Å². The van der Waals surface area contributed by atoms with E-state index in [1.807, 2.05) is 24.3 Å². The molecule has 1 aromatic carbocycles. The van der Waals surface area contributed by atoms with Crippen LogP contribution in [0.5, 0.6) is 5.75 Å². The summed E-state index contributed by atoms with van der Waals surface area (Å²) >= 11 is 0. The number of nitrogens with zero attached hydrogens (tertiary/aromatic N) is 3. The minimum atomic E-state index is -0.295. The van der Waals surface area contributed by atoms with Crippen LogP contribution in [0.4, 0.5) is 0 Å². The number of rotatable bonds is 3. The van der Waals surface area contributed by atoms with Crippen LogP contribution in [0, 0.1) is 6.92 Å². The van der Waals surface area contributed by atoms with Gasteiger partial charge >= 0.3 is 0 Å². The van der Waals surface area contributed by atoms with Crippen molar-refractivity contribution in [2.24, 2.45) is 5.10 Å². The highest BCUT2D eigenvalue weighted by molar-refractivity contribution is 6.11. The van der Waals surface area contributed by atoms with Gasteiger partial charge in [-0.25, -0.2) is 9.99 Å². The van der Waals surface area contributed by atoms with E-state index in [-0.39, 0.29) is 23.2 Å². The number of carbonyl (C=O) groups excluding carboxylic acids is 1. The molecular weight excluding hydrogens is 348 g/mol. The molecule has 0 bridgehead atoms.